The van der Waals surface area contributed by atoms with Crippen LogP contribution in [-0.4, -0.2) is 29.1 Å². The van der Waals surface area contributed by atoms with E-state index in [4.69, 9.17) is 5.11 Å². The molecule has 13 heavy (non-hydrogen) atoms. The van der Waals surface area contributed by atoms with Crippen LogP contribution in [0.1, 0.15) is 6.42 Å². The largest absolute Gasteiger partial charge is 0.473 e. The topological polar surface area (TPSA) is 104 Å². The fourth-order valence-corrected chi connectivity index (χ4v) is 1.02. The molecule has 0 aliphatic carbocycles. The smallest absolute Gasteiger partial charge is 0.411 e. The van der Waals surface area contributed by atoms with Crippen molar-refractivity contribution in [3.63, 3.8) is 0 Å². The first kappa shape index (κ1) is 9.30. The maximum absolute atomic E-state index is 10.5. The Hall–Kier alpha value is -1.79. The molecule has 0 spiro atoms. The van der Waals surface area contributed by atoms with E-state index in [1.54, 1.807) is 0 Å². The fraction of sp³-hybridized carbons (Fsp3) is 0.500. The van der Waals surface area contributed by atoms with E-state index in [2.05, 4.69) is 10.6 Å². The number of nitrogens with zero attached hydrogens (tertiary/aromatic N) is 1. The van der Waals surface area contributed by atoms with Crippen LogP contribution in [0.5, 0.6) is 0 Å². The Morgan fingerprint density at radius 1 is 1.46 bits per heavy atom. The van der Waals surface area contributed by atoms with Crippen LogP contribution in [-0.2, 0) is 4.79 Å². The molecular weight excluding hydrogens is 178 g/mol. The average Bonchev–Trinajstić information content (AvgIpc) is 2.04. The van der Waals surface area contributed by atoms with Crippen molar-refractivity contribution < 1.29 is 14.8 Å². The van der Waals surface area contributed by atoms with E-state index in [0.29, 0.717) is 13.1 Å². The van der Waals surface area contributed by atoms with Crippen LogP contribution < -0.4 is 10.6 Å². The van der Waals surface area contributed by atoms with Crippen LogP contribution in [0.15, 0.2) is 11.5 Å². The molecule has 0 unspecified atom stereocenters. The first-order chi connectivity index (χ1) is 6.13. The highest BCUT2D eigenvalue weighted by molar-refractivity contribution is 5.84. The van der Waals surface area contributed by atoms with Gasteiger partial charge in [-0.15, -0.1) is 0 Å². The SMILES string of the molecule is O=C(O)C(=C1NCCCN1)[N+](=O)[O-]. The lowest BCUT2D eigenvalue weighted by Crippen LogP contribution is -2.38. The van der Waals surface area contributed by atoms with Crippen molar-refractivity contribution in [1.82, 2.24) is 10.6 Å². The second-order valence-corrected chi connectivity index (χ2v) is 2.49. The number of hydrogen-bond acceptors (Lipinski definition) is 5. The standard InChI is InChI=1S/C6H9N3O4/c10-6(11)4(9(12)13)5-7-2-1-3-8-5/h7-8H,1-3H2,(H,10,11). The summed E-state index contributed by atoms with van der Waals surface area (Å²) in [7, 11) is 0. The Labute approximate surface area is 73.6 Å². The van der Waals surface area contributed by atoms with Gasteiger partial charge in [-0.1, -0.05) is 0 Å². The number of rotatable bonds is 2. The third-order valence-corrected chi connectivity index (χ3v) is 1.58. The molecule has 72 valence electrons. The van der Waals surface area contributed by atoms with Crippen LogP contribution in [0.2, 0.25) is 0 Å². The van der Waals surface area contributed by atoms with Crippen LogP contribution >= 0.6 is 0 Å². The van der Waals surface area contributed by atoms with Crippen molar-refractivity contribution in [3.05, 3.63) is 21.6 Å². The van der Waals surface area contributed by atoms with E-state index in [0.717, 1.165) is 6.42 Å². The van der Waals surface area contributed by atoms with Crippen LogP contribution in [0, 0.1) is 10.1 Å². The van der Waals surface area contributed by atoms with Crippen molar-refractivity contribution >= 4 is 5.97 Å². The quantitative estimate of drug-likeness (QED) is 0.294. The molecule has 0 saturated carbocycles. The van der Waals surface area contributed by atoms with E-state index in [1.165, 1.54) is 0 Å². The number of hydrogen-bond donors (Lipinski definition) is 3. The third-order valence-electron chi connectivity index (χ3n) is 1.58. The van der Waals surface area contributed by atoms with E-state index in [9.17, 15) is 14.9 Å². The molecule has 0 bridgehead atoms. The predicted molar refractivity (Wildman–Crippen MR) is 42.3 cm³/mol. The van der Waals surface area contributed by atoms with Gasteiger partial charge < -0.3 is 15.7 Å². The lowest BCUT2D eigenvalue weighted by molar-refractivity contribution is -0.422. The molecule has 7 nitrogen and oxygen atoms in total. The Kier molecular flexibility index (Phi) is 2.68. The van der Waals surface area contributed by atoms with E-state index < -0.39 is 16.6 Å². The lowest BCUT2D eigenvalue weighted by atomic mass is 10.3. The molecule has 0 aromatic rings. The van der Waals surface area contributed by atoms with Crippen molar-refractivity contribution in [3.8, 4) is 0 Å². The van der Waals surface area contributed by atoms with Gasteiger partial charge in [0.25, 0.3) is 0 Å². The summed E-state index contributed by atoms with van der Waals surface area (Å²) in [4.78, 5) is 19.9. The zero-order chi connectivity index (χ0) is 9.84. The molecule has 7 heteroatoms. The Morgan fingerprint density at radius 2 is 2.00 bits per heavy atom. The van der Waals surface area contributed by atoms with Crippen LogP contribution in [0.3, 0.4) is 0 Å². The van der Waals surface area contributed by atoms with Crippen molar-refractivity contribution in [2.45, 2.75) is 6.42 Å². The Morgan fingerprint density at radius 3 is 2.38 bits per heavy atom. The van der Waals surface area contributed by atoms with Gasteiger partial charge in [0.05, 0.1) is 4.92 Å². The summed E-state index contributed by atoms with van der Waals surface area (Å²) in [5.41, 5.74) is -0.834. The molecule has 1 rings (SSSR count). The van der Waals surface area contributed by atoms with Crippen molar-refractivity contribution in [2.24, 2.45) is 0 Å². The number of nitrogens with one attached hydrogen (secondary N) is 2. The monoisotopic (exact) mass is 187 g/mol. The lowest BCUT2D eigenvalue weighted by Gasteiger charge is -2.17. The van der Waals surface area contributed by atoms with Gasteiger partial charge in [0.15, 0.2) is 5.82 Å². The second kappa shape index (κ2) is 3.74. The number of aliphatic carboxylic acids is 1. The summed E-state index contributed by atoms with van der Waals surface area (Å²) in [5, 5.41) is 24.1. The van der Waals surface area contributed by atoms with Gasteiger partial charge in [-0.2, -0.15) is 0 Å². The molecule has 0 amide bonds. The molecule has 0 atom stereocenters. The van der Waals surface area contributed by atoms with Gasteiger partial charge in [-0.3, -0.25) is 10.1 Å². The predicted octanol–water partition coefficient (Wildman–Crippen LogP) is -0.900. The minimum absolute atomic E-state index is 0.0104. The van der Waals surface area contributed by atoms with Gasteiger partial charge >= 0.3 is 11.7 Å². The Bertz CT molecular complexity index is 249. The first-order valence-corrected chi connectivity index (χ1v) is 3.72. The summed E-state index contributed by atoms with van der Waals surface area (Å²) < 4.78 is 0. The molecule has 3 N–H and O–H groups in total. The highest BCUT2D eigenvalue weighted by Gasteiger charge is 2.28. The molecule has 1 aliphatic rings. The molecule has 1 heterocycles. The molecule has 1 fully saturated rings. The van der Waals surface area contributed by atoms with E-state index in [1.807, 2.05) is 0 Å². The highest BCUT2D eigenvalue weighted by atomic mass is 16.6. The van der Waals surface area contributed by atoms with Crippen LogP contribution in [0.4, 0.5) is 0 Å². The Balaban J connectivity index is 2.93. The van der Waals surface area contributed by atoms with Gasteiger partial charge in [0, 0.05) is 13.1 Å². The summed E-state index contributed by atoms with van der Waals surface area (Å²) in [6.07, 6.45) is 0.814. The van der Waals surface area contributed by atoms with E-state index in [-0.39, 0.29) is 5.82 Å². The average molecular weight is 187 g/mol. The molecule has 1 saturated heterocycles. The third kappa shape index (κ3) is 2.08. The van der Waals surface area contributed by atoms with Crippen LogP contribution in [0.25, 0.3) is 0 Å². The molecule has 0 aromatic carbocycles. The maximum Gasteiger partial charge on any atom is 0.411 e. The normalized spacial score (nSPS) is 15.5. The first-order valence-electron chi connectivity index (χ1n) is 3.72. The minimum atomic E-state index is -1.54. The molecular formula is C6H9N3O4. The van der Waals surface area contributed by atoms with Gasteiger partial charge in [-0.05, 0) is 6.42 Å². The summed E-state index contributed by atoms with van der Waals surface area (Å²) >= 11 is 0. The number of carbonyl (C=O) groups is 1. The van der Waals surface area contributed by atoms with Gasteiger partial charge in [0.1, 0.15) is 0 Å². The maximum atomic E-state index is 10.5. The fourth-order valence-electron chi connectivity index (χ4n) is 1.02. The van der Waals surface area contributed by atoms with Crippen molar-refractivity contribution in [1.29, 1.82) is 0 Å². The zero-order valence-electron chi connectivity index (χ0n) is 6.74. The molecule has 0 aromatic heterocycles. The highest BCUT2D eigenvalue weighted by Crippen LogP contribution is 2.03. The van der Waals surface area contributed by atoms with E-state index >= 15 is 0 Å². The van der Waals surface area contributed by atoms with Gasteiger partial charge in [-0.25, -0.2) is 4.79 Å². The summed E-state index contributed by atoms with van der Waals surface area (Å²) in [5.74, 6) is -1.55. The number of nitro groups is 1. The molecule has 1 aliphatic heterocycles. The molecule has 0 radical (unpaired) electrons. The summed E-state index contributed by atoms with van der Waals surface area (Å²) in [6, 6.07) is 0. The zero-order valence-corrected chi connectivity index (χ0v) is 6.74. The number of carboxylic acid groups (broad SMARTS) is 1. The van der Waals surface area contributed by atoms with Crippen molar-refractivity contribution in [2.75, 3.05) is 13.1 Å². The van der Waals surface area contributed by atoms with Gasteiger partial charge in [0.2, 0.25) is 0 Å². The second-order valence-electron chi connectivity index (χ2n) is 2.49. The summed E-state index contributed by atoms with van der Waals surface area (Å²) in [6.45, 7) is 1.10. The minimum Gasteiger partial charge on any atom is -0.473 e. The number of carboxylic acids is 1.